The molecule has 60 heavy (non-hydrogen) atoms. The second-order valence-electron chi connectivity index (χ2n) is 17.0. The number of rotatable bonds is 47. The molecule has 5 nitrogen and oxygen atoms in total. The number of carbonyl (C=O) groups excluding carboxylic acids is 2. The van der Waals surface area contributed by atoms with Crippen molar-refractivity contribution in [3.8, 4) is 0 Å². The molecule has 0 spiro atoms. The van der Waals surface area contributed by atoms with Gasteiger partial charge in [-0.05, 0) is 83.5 Å². The molecule has 0 aliphatic rings. The van der Waals surface area contributed by atoms with Crippen molar-refractivity contribution in [1.29, 1.82) is 0 Å². The number of hydrogen-bond acceptors (Lipinski definition) is 5. The lowest BCUT2D eigenvalue weighted by Gasteiger charge is -2.18. The Bertz CT molecular complexity index is 1040. The monoisotopic (exact) mass is 839 g/mol. The molecule has 1 atom stereocenters. The summed E-state index contributed by atoms with van der Waals surface area (Å²) >= 11 is 0. The lowest BCUT2D eigenvalue weighted by Crippen LogP contribution is -2.30. The average Bonchev–Trinajstić information content (AvgIpc) is 3.25. The van der Waals surface area contributed by atoms with Gasteiger partial charge in [-0.25, -0.2) is 0 Å². The maximum Gasteiger partial charge on any atom is 0.306 e. The van der Waals surface area contributed by atoms with Crippen LogP contribution in [0.4, 0.5) is 0 Å². The molecule has 0 saturated carbocycles. The molecule has 0 heterocycles. The molecular formula is C55H98O5. The number of unbranched alkanes of at least 4 members (excludes halogenated alkanes) is 26. The minimum Gasteiger partial charge on any atom is -0.462 e. The molecule has 0 fully saturated rings. The second-order valence-corrected chi connectivity index (χ2v) is 17.0. The number of ether oxygens (including phenoxy) is 3. The molecule has 0 aliphatic carbocycles. The maximum absolute atomic E-state index is 12.6. The molecule has 0 N–H and O–H groups in total. The Balaban J connectivity index is 4.02. The Hall–Kier alpha value is -2.40. The quantitative estimate of drug-likeness (QED) is 0.0347. The van der Waals surface area contributed by atoms with Gasteiger partial charge in [0.2, 0.25) is 0 Å². The Morgan fingerprint density at radius 2 is 0.750 bits per heavy atom. The molecule has 5 heteroatoms. The summed E-state index contributed by atoms with van der Waals surface area (Å²) < 4.78 is 17.3. The van der Waals surface area contributed by atoms with Gasteiger partial charge in [0.05, 0.1) is 6.61 Å². The predicted octanol–water partition coefficient (Wildman–Crippen LogP) is 17.3. The van der Waals surface area contributed by atoms with Gasteiger partial charge < -0.3 is 14.2 Å². The van der Waals surface area contributed by atoms with E-state index in [1.54, 1.807) is 0 Å². The third-order valence-electron chi connectivity index (χ3n) is 11.0. The van der Waals surface area contributed by atoms with Crippen LogP contribution in [-0.4, -0.2) is 37.9 Å². The fourth-order valence-corrected chi connectivity index (χ4v) is 7.20. The summed E-state index contributed by atoms with van der Waals surface area (Å²) in [6.07, 6.45) is 64.1. The first-order chi connectivity index (χ1) is 29.6. The highest BCUT2D eigenvalue weighted by molar-refractivity contribution is 5.70. The van der Waals surface area contributed by atoms with Gasteiger partial charge in [-0.15, -0.1) is 0 Å². The van der Waals surface area contributed by atoms with E-state index in [0.717, 1.165) is 70.6 Å². The van der Waals surface area contributed by atoms with E-state index >= 15 is 0 Å². The van der Waals surface area contributed by atoms with Gasteiger partial charge in [0.15, 0.2) is 6.10 Å². The SMILES string of the molecule is CC/C=C\C/C=C\C/C=C\C/C=C\CCCCCCCCCOCC(COC(=O)CCCCCCCCCCC/C=C\CCCCCCCC)OC(=O)CCCCCCC. The van der Waals surface area contributed by atoms with Crippen LogP contribution in [-0.2, 0) is 23.8 Å². The minimum atomic E-state index is -0.539. The van der Waals surface area contributed by atoms with Crippen molar-refractivity contribution in [3.63, 3.8) is 0 Å². The zero-order valence-electron chi connectivity index (χ0n) is 40.0. The van der Waals surface area contributed by atoms with Crippen molar-refractivity contribution in [2.75, 3.05) is 19.8 Å². The summed E-state index contributed by atoms with van der Waals surface area (Å²) in [7, 11) is 0. The van der Waals surface area contributed by atoms with E-state index in [2.05, 4.69) is 81.5 Å². The van der Waals surface area contributed by atoms with Crippen LogP contribution in [0.1, 0.15) is 252 Å². The topological polar surface area (TPSA) is 61.8 Å². The second kappa shape index (κ2) is 51.0. The van der Waals surface area contributed by atoms with Crippen LogP contribution in [0.5, 0.6) is 0 Å². The molecular weight excluding hydrogens is 741 g/mol. The summed E-state index contributed by atoms with van der Waals surface area (Å²) in [6.45, 7) is 7.63. The van der Waals surface area contributed by atoms with E-state index in [4.69, 9.17) is 14.2 Å². The fraction of sp³-hybridized carbons (Fsp3) is 0.782. The predicted molar refractivity (Wildman–Crippen MR) is 261 cm³/mol. The number of hydrogen-bond donors (Lipinski definition) is 0. The van der Waals surface area contributed by atoms with Crippen molar-refractivity contribution >= 4 is 11.9 Å². The van der Waals surface area contributed by atoms with Crippen LogP contribution in [0.3, 0.4) is 0 Å². The Morgan fingerprint density at radius 1 is 0.383 bits per heavy atom. The van der Waals surface area contributed by atoms with E-state index in [1.165, 1.54) is 148 Å². The van der Waals surface area contributed by atoms with Gasteiger partial charge in [-0.2, -0.15) is 0 Å². The van der Waals surface area contributed by atoms with Crippen molar-refractivity contribution in [3.05, 3.63) is 60.8 Å². The molecule has 0 radical (unpaired) electrons. The first-order valence-electron chi connectivity index (χ1n) is 25.8. The standard InChI is InChI=1S/C55H98O5/c1-4-7-10-13-15-17-19-21-23-25-27-29-31-33-35-37-39-41-44-47-50-58-51-53(60-55(57)49-46-42-12-9-6-3)52-59-54(56)48-45-43-40-38-36-34-32-30-28-26-24-22-20-18-16-14-11-8-5-2/h7,10,15,17,21-24,27,29,53H,4-6,8-9,11-14,16,18-20,25-26,28,30-52H2,1-3H3/b10-7-,17-15-,23-21-,24-22-,29-27-. The smallest absolute Gasteiger partial charge is 0.306 e. The van der Waals surface area contributed by atoms with Gasteiger partial charge in [0.1, 0.15) is 6.61 Å². The third-order valence-corrected chi connectivity index (χ3v) is 11.0. The van der Waals surface area contributed by atoms with E-state index < -0.39 is 6.10 Å². The van der Waals surface area contributed by atoms with E-state index in [-0.39, 0.29) is 25.2 Å². The fourth-order valence-electron chi connectivity index (χ4n) is 7.20. The Labute approximate surface area is 373 Å². The normalized spacial score (nSPS) is 12.7. The van der Waals surface area contributed by atoms with Crippen LogP contribution in [0.25, 0.3) is 0 Å². The average molecular weight is 839 g/mol. The first kappa shape index (κ1) is 57.6. The lowest BCUT2D eigenvalue weighted by molar-refractivity contribution is -0.163. The summed E-state index contributed by atoms with van der Waals surface area (Å²) in [5, 5.41) is 0. The molecule has 0 aromatic heterocycles. The summed E-state index contributed by atoms with van der Waals surface area (Å²) in [4.78, 5) is 25.1. The minimum absolute atomic E-state index is 0.0796. The molecule has 0 aromatic carbocycles. The number of carbonyl (C=O) groups is 2. The van der Waals surface area contributed by atoms with Gasteiger partial charge in [0, 0.05) is 19.4 Å². The van der Waals surface area contributed by atoms with Crippen molar-refractivity contribution < 1.29 is 23.8 Å². The molecule has 0 rings (SSSR count). The van der Waals surface area contributed by atoms with Crippen LogP contribution in [0.15, 0.2) is 60.8 Å². The van der Waals surface area contributed by atoms with Crippen molar-refractivity contribution in [2.24, 2.45) is 0 Å². The molecule has 0 bridgehead atoms. The van der Waals surface area contributed by atoms with E-state index in [1.807, 2.05) is 0 Å². The molecule has 0 aliphatic heterocycles. The summed E-state index contributed by atoms with van der Waals surface area (Å²) in [6, 6.07) is 0. The zero-order chi connectivity index (χ0) is 43.5. The summed E-state index contributed by atoms with van der Waals surface area (Å²) in [5.74, 6) is -0.413. The first-order valence-corrected chi connectivity index (χ1v) is 25.8. The van der Waals surface area contributed by atoms with Crippen LogP contribution in [0, 0.1) is 0 Å². The summed E-state index contributed by atoms with van der Waals surface area (Å²) in [5.41, 5.74) is 0. The van der Waals surface area contributed by atoms with Crippen LogP contribution >= 0.6 is 0 Å². The molecule has 0 saturated heterocycles. The van der Waals surface area contributed by atoms with Crippen LogP contribution < -0.4 is 0 Å². The molecule has 1 unspecified atom stereocenters. The maximum atomic E-state index is 12.6. The molecule has 348 valence electrons. The Kier molecular flexibility index (Phi) is 48.9. The van der Waals surface area contributed by atoms with Gasteiger partial charge in [-0.1, -0.05) is 216 Å². The third kappa shape index (κ3) is 48.3. The van der Waals surface area contributed by atoms with Crippen molar-refractivity contribution in [2.45, 2.75) is 258 Å². The highest BCUT2D eigenvalue weighted by Gasteiger charge is 2.17. The van der Waals surface area contributed by atoms with Gasteiger partial charge in [0.25, 0.3) is 0 Å². The van der Waals surface area contributed by atoms with Crippen LogP contribution in [0.2, 0.25) is 0 Å². The number of esters is 2. The molecule has 0 amide bonds. The largest absolute Gasteiger partial charge is 0.462 e. The van der Waals surface area contributed by atoms with Gasteiger partial charge in [-0.3, -0.25) is 9.59 Å². The van der Waals surface area contributed by atoms with E-state index in [0.29, 0.717) is 19.4 Å². The highest BCUT2D eigenvalue weighted by Crippen LogP contribution is 2.14. The Morgan fingerprint density at radius 3 is 1.22 bits per heavy atom. The van der Waals surface area contributed by atoms with E-state index in [9.17, 15) is 9.59 Å². The van der Waals surface area contributed by atoms with Crippen molar-refractivity contribution in [1.82, 2.24) is 0 Å². The zero-order valence-corrected chi connectivity index (χ0v) is 40.0. The molecule has 0 aromatic rings. The lowest BCUT2D eigenvalue weighted by atomic mass is 10.1. The highest BCUT2D eigenvalue weighted by atomic mass is 16.6. The number of allylic oxidation sites excluding steroid dienone is 10. The van der Waals surface area contributed by atoms with Gasteiger partial charge >= 0.3 is 11.9 Å².